The molecule has 6 nitrogen and oxygen atoms in total. The summed E-state index contributed by atoms with van der Waals surface area (Å²) in [6.45, 7) is 1.17. The maximum atomic E-state index is 13.0. The van der Waals surface area contributed by atoms with E-state index in [2.05, 4.69) is 4.74 Å². The van der Waals surface area contributed by atoms with Crippen LogP contribution in [0, 0.1) is 13.8 Å². The zero-order valence-corrected chi connectivity index (χ0v) is 17.0. The minimum atomic E-state index is -3.68. The van der Waals surface area contributed by atoms with Crippen molar-refractivity contribution in [2.45, 2.75) is 25.4 Å². The Balaban J connectivity index is 1.73. The first-order chi connectivity index (χ1) is 13.7. The quantitative estimate of drug-likeness (QED) is 0.740. The van der Waals surface area contributed by atoms with Gasteiger partial charge in [-0.05, 0) is 37.6 Å². The van der Waals surface area contributed by atoms with Gasteiger partial charge in [-0.1, -0.05) is 29.8 Å². The Morgan fingerprint density at radius 3 is 2.31 bits per heavy atom. The lowest BCUT2D eigenvalue weighted by molar-refractivity contribution is -0.0503. The Hall–Kier alpha value is -2.52. The number of sulfonamides is 1. The van der Waals surface area contributed by atoms with Crippen LogP contribution in [0.5, 0.6) is 5.75 Å². The van der Waals surface area contributed by atoms with E-state index in [1.807, 2.05) is 13.0 Å². The molecule has 0 bridgehead atoms. The first-order valence-electron chi connectivity index (χ1n) is 9.10. The van der Waals surface area contributed by atoms with Crippen LogP contribution < -0.4 is 4.74 Å². The van der Waals surface area contributed by atoms with Crippen molar-refractivity contribution in [2.75, 3.05) is 26.2 Å². The molecule has 0 saturated carbocycles. The maximum absolute atomic E-state index is 13.0. The number of hydrogen-bond acceptors (Lipinski definition) is 4. The summed E-state index contributed by atoms with van der Waals surface area (Å²) in [6.07, 6.45) is 0. The summed E-state index contributed by atoms with van der Waals surface area (Å²) in [7, 11) is -3.68. The van der Waals surface area contributed by atoms with Gasteiger partial charge in [0.05, 0.1) is 10.5 Å². The smallest absolute Gasteiger partial charge is 0.387 e. The van der Waals surface area contributed by atoms with Crippen molar-refractivity contribution < 1.29 is 26.7 Å². The molecule has 0 spiro atoms. The van der Waals surface area contributed by atoms with E-state index in [1.54, 1.807) is 25.1 Å². The molecular formula is C20H22F2N2O4S. The first-order valence-corrected chi connectivity index (χ1v) is 10.5. The van der Waals surface area contributed by atoms with Gasteiger partial charge in [-0.2, -0.15) is 13.1 Å². The molecule has 9 heteroatoms. The number of alkyl halides is 2. The Morgan fingerprint density at radius 2 is 1.69 bits per heavy atom. The SMILES string of the molecule is Cc1ccc(S(=O)(=O)N2CCN(C(=O)c3ccccc3OC(F)F)CC2)c(C)c1. The van der Waals surface area contributed by atoms with Gasteiger partial charge in [0.1, 0.15) is 5.75 Å². The van der Waals surface area contributed by atoms with Crippen LogP contribution in [-0.2, 0) is 10.0 Å². The molecule has 0 aromatic heterocycles. The molecular weight excluding hydrogens is 402 g/mol. The lowest BCUT2D eigenvalue weighted by Crippen LogP contribution is -2.50. The molecule has 2 aromatic rings. The maximum Gasteiger partial charge on any atom is 0.387 e. The summed E-state index contributed by atoms with van der Waals surface area (Å²) in [5.41, 5.74) is 1.67. The van der Waals surface area contributed by atoms with Gasteiger partial charge in [-0.25, -0.2) is 8.42 Å². The number of rotatable bonds is 5. The molecule has 1 aliphatic rings. The van der Waals surface area contributed by atoms with Crippen LogP contribution in [0.1, 0.15) is 21.5 Å². The second-order valence-electron chi connectivity index (χ2n) is 6.84. The fourth-order valence-electron chi connectivity index (χ4n) is 3.37. The van der Waals surface area contributed by atoms with Crippen LogP contribution in [0.2, 0.25) is 0 Å². The van der Waals surface area contributed by atoms with E-state index in [9.17, 15) is 22.0 Å². The summed E-state index contributed by atoms with van der Waals surface area (Å²) in [5.74, 6) is -0.664. The fourth-order valence-corrected chi connectivity index (χ4v) is 5.00. The third-order valence-corrected chi connectivity index (χ3v) is 6.87. The van der Waals surface area contributed by atoms with E-state index < -0.39 is 22.5 Å². The summed E-state index contributed by atoms with van der Waals surface area (Å²) in [5, 5.41) is 0. The average molecular weight is 424 g/mol. The highest BCUT2D eigenvalue weighted by atomic mass is 32.2. The topological polar surface area (TPSA) is 66.9 Å². The number of nitrogens with zero attached hydrogens (tertiary/aromatic N) is 2. The minimum absolute atomic E-state index is 0.0264. The first kappa shape index (κ1) is 21.2. The largest absolute Gasteiger partial charge is 0.434 e. The lowest BCUT2D eigenvalue weighted by atomic mass is 10.1. The van der Waals surface area contributed by atoms with Crippen molar-refractivity contribution in [3.63, 3.8) is 0 Å². The van der Waals surface area contributed by atoms with Gasteiger partial charge in [0.2, 0.25) is 10.0 Å². The number of hydrogen-bond donors (Lipinski definition) is 0. The molecule has 29 heavy (non-hydrogen) atoms. The normalized spacial score (nSPS) is 15.6. The highest BCUT2D eigenvalue weighted by molar-refractivity contribution is 7.89. The van der Waals surface area contributed by atoms with Gasteiger partial charge in [0.25, 0.3) is 5.91 Å². The van der Waals surface area contributed by atoms with E-state index in [1.165, 1.54) is 27.4 Å². The van der Waals surface area contributed by atoms with Crippen LogP contribution >= 0.6 is 0 Å². The van der Waals surface area contributed by atoms with E-state index in [4.69, 9.17) is 0 Å². The van der Waals surface area contributed by atoms with Crippen molar-refractivity contribution in [3.05, 3.63) is 59.2 Å². The highest BCUT2D eigenvalue weighted by Gasteiger charge is 2.32. The van der Waals surface area contributed by atoms with Gasteiger partial charge >= 0.3 is 6.61 Å². The highest BCUT2D eigenvalue weighted by Crippen LogP contribution is 2.25. The molecule has 3 rings (SSSR count). The van der Waals surface area contributed by atoms with E-state index >= 15 is 0 Å². The van der Waals surface area contributed by atoms with Crippen molar-refractivity contribution in [3.8, 4) is 5.75 Å². The van der Waals surface area contributed by atoms with Crippen molar-refractivity contribution in [1.29, 1.82) is 0 Å². The Morgan fingerprint density at radius 1 is 1.03 bits per heavy atom. The monoisotopic (exact) mass is 424 g/mol. The number of aryl methyl sites for hydroxylation is 2. The molecule has 0 unspecified atom stereocenters. The number of halogens is 2. The summed E-state index contributed by atoms with van der Waals surface area (Å²) >= 11 is 0. The zero-order chi connectivity index (χ0) is 21.2. The number of amides is 1. The molecule has 1 aliphatic heterocycles. The molecule has 2 aromatic carbocycles. The molecule has 0 aliphatic carbocycles. The van der Waals surface area contributed by atoms with Crippen LogP contribution in [0.4, 0.5) is 8.78 Å². The van der Waals surface area contributed by atoms with Gasteiger partial charge in [-0.3, -0.25) is 4.79 Å². The molecule has 0 N–H and O–H groups in total. The summed E-state index contributed by atoms with van der Waals surface area (Å²) < 4.78 is 56.9. The third kappa shape index (κ3) is 4.56. The number of ether oxygens (including phenoxy) is 1. The predicted octanol–water partition coefficient (Wildman–Crippen LogP) is 3.05. The molecule has 1 saturated heterocycles. The fraction of sp³-hybridized carbons (Fsp3) is 0.350. The Labute approximate surface area is 168 Å². The zero-order valence-electron chi connectivity index (χ0n) is 16.1. The average Bonchev–Trinajstić information content (AvgIpc) is 2.67. The van der Waals surface area contributed by atoms with Crippen LogP contribution in [-0.4, -0.2) is 56.3 Å². The van der Waals surface area contributed by atoms with Crippen molar-refractivity contribution in [2.24, 2.45) is 0 Å². The van der Waals surface area contributed by atoms with Crippen LogP contribution in [0.3, 0.4) is 0 Å². The molecule has 1 amide bonds. The summed E-state index contributed by atoms with van der Waals surface area (Å²) in [4.78, 5) is 14.4. The molecule has 0 atom stereocenters. The van der Waals surface area contributed by atoms with Gasteiger partial charge in [-0.15, -0.1) is 0 Å². The van der Waals surface area contributed by atoms with E-state index in [0.717, 1.165) is 5.56 Å². The lowest BCUT2D eigenvalue weighted by Gasteiger charge is -2.34. The number of benzene rings is 2. The van der Waals surface area contributed by atoms with Gasteiger partial charge in [0.15, 0.2) is 0 Å². The Bertz CT molecular complexity index is 1000. The molecule has 1 heterocycles. The second-order valence-corrected chi connectivity index (χ2v) is 8.75. The number of carbonyl (C=O) groups is 1. The number of carbonyl (C=O) groups excluding carboxylic acids is 1. The third-order valence-electron chi connectivity index (χ3n) is 4.81. The van der Waals surface area contributed by atoms with Gasteiger partial charge in [0, 0.05) is 26.2 Å². The standard InChI is InChI=1S/C20H22F2N2O4S/c1-14-7-8-18(15(2)13-14)29(26,27)24-11-9-23(10-12-24)19(25)16-5-3-4-6-17(16)28-20(21)22/h3-8,13,20H,9-12H2,1-2H3. The van der Waals surface area contributed by atoms with Gasteiger partial charge < -0.3 is 9.64 Å². The van der Waals surface area contributed by atoms with Crippen molar-refractivity contribution in [1.82, 2.24) is 9.21 Å². The van der Waals surface area contributed by atoms with Crippen molar-refractivity contribution >= 4 is 15.9 Å². The molecule has 1 fully saturated rings. The molecule has 156 valence electrons. The number of piperazine rings is 1. The predicted molar refractivity (Wildman–Crippen MR) is 104 cm³/mol. The van der Waals surface area contributed by atoms with E-state index in [0.29, 0.717) is 5.56 Å². The molecule has 0 radical (unpaired) electrons. The number of para-hydroxylation sites is 1. The second kappa shape index (κ2) is 8.46. The van der Waals surface area contributed by atoms with E-state index in [-0.39, 0.29) is 42.4 Å². The van der Waals surface area contributed by atoms with Crippen LogP contribution in [0.15, 0.2) is 47.4 Å². The Kier molecular flexibility index (Phi) is 6.18. The van der Waals surface area contributed by atoms with Crippen LogP contribution in [0.25, 0.3) is 0 Å². The summed E-state index contributed by atoms with van der Waals surface area (Å²) in [6, 6.07) is 10.9. The minimum Gasteiger partial charge on any atom is -0.434 e.